The first-order chi connectivity index (χ1) is 12.0. The van der Waals surface area contributed by atoms with Crippen molar-refractivity contribution in [3.05, 3.63) is 29.5 Å². The van der Waals surface area contributed by atoms with Crippen molar-refractivity contribution in [3.63, 3.8) is 0 Å². The lowest BCUT2D eigenvalue weighted by Crippen LogP contribution is -2.31. The molecule has 8 nitrogen and oxygen atoms in total. The summed E-state index contributed by atoms with van der Waals surface area (Å²) in [7, 11) is 0. The van der Waals surface area contributed by atoms with E-state index in [1.54, 1.807) is 6.07 Å². The molecule has 0 amide bonds. The van der Waals surface area contributed by atoms with Crippen LogP contribution in [-0.2, 0) is 12.0 Å². The molecule has 1 aliphatic heterocycles. The van der Waals surface area contributed by atoms with Gasteiger partial charge in [0.1, 0.15) is 6.07 Å². The van der Waals surface area contributed by atoms with E-state index in [1.165, 1.54) is 0 Å². The molecule has 132 valence electrons. The fraction of sp³-hybridized carbons (Fsp3) is 0.588. The Morgan fingerprint density at radius 1 is 1.16 bits per heavy atom. The summed E-state index contributed by atoms with van der Waals surface area (Å²) in [6, 6.07) is 5.56. The minimum Gasteiger partial charge on any atom is -0.354 e. The lowest BCUT2D eigenvalue weighted by Gasteiger charge is -2.21. The van der Waals surface area contributed by atoms with Crippen LogP contribution in [-0.4, -0.2) is 51.4 Å². The average Bonchev–Trinajstić information content (AvgIpc) is 2.94. The van der Waals surface area contributed by atoms with Crippen LogP contribution in [0, 0.1) is 11.3 Å². The zero-order valence-corrected chi connectivity index (χ0v) is 14.9. The summed E-state index contributed by atoms with van der Waals surface area (Å²) < 4.78 is 5.37. The molecular formula is C17H23N7O. The monoisotopic (exact) mass is 341 g/mol. The molecule has 8 heteroatoms. The Hall–Kier alpha value is -2.53. The molecule has 1 fully saturated rings. The number of rotatable bonds is 3. The van der Waals surface area contributed by atoms with Crippen LogP contribution in [0.15, 0.2) is 16.7 Å². The largest absolute Gasteiger partial charge is 0.354 e. The summed E-state index contributed by atoms with van der Waals surface area (Å²) in [5.41, 5.74) is 0.210. The highest BCUT2D eigenvalue weighted by Gasteiger charge is 2.23. The molecule has 0 atom stereocenters. The first-order valence-electron chi connectivity index (χ1n) is 8.50. The van der Waals surface area contributed by atoms with Gasteiger partial charge in [-0.1, -0.05) is 25.9 Å². The lowest BCUT2D eigenvalue weighted by molar-refractivity contribution is 0.269. The Morgan fingerprint density at radius 2 is 2.00 bits per heavy atom. The second-order valence-corrected chi connectivity index (χ2v) is 7.27. The van der Waals surface area contributed by atoms with Crippen LogP contribution in [0.1, 0.15) is 44.6 Å². The number of anilines is 1. The Bertz CT molecular complexity index is 742. The van der Waals surface area contributed by atoms with Gasteiger partial charge in [0, 0.05) is 31.6 Å². The first kappa shape index (κ1) is 17.3. The predicted octanol–water partition coefficient (Wildman–Crippen LogP) is 1.74. The van der Waals surface area contributed by atoms with Gasteiger partial charge in [-0.05, 0) is 18.6 Å². The molecule has 3 heterocycles. The van der Waals surface area contributed by atoms with E-state index >= 15 is 0 Å². The maximum atomic E-state index is 8.82. The van der Waals surface area contributed by atoms with Crippen molar-refractivity contribution in [2.24, 2.45) is 0 Å². The van der Waals surface area contributed by atoms with Crippen LogP contribution in [0.3, 0.4) is 0 Å². The number of aromatic nitrogens is 4. The van der Waals surface area contributed by atoms with Crippen LogP contribution >= 0.6 is 0 Å². The number of nitrogens with zero attached hydrogens (tertiary/aromatic N) is 7. The van der Waals surface area contributed by atoms with E-state index in [2.05, 4.69) is 50.9 Å². The van der Waals surface area contributed by atoms with Crippen molar-refractivity contribution in [2.75, 3.05) is 31.1 Å². The third-order valence-corrected chi connectivity index (χ3v) is 4.15. The fourth-order valence-corrected chi connectivity index (χ4v) is 2.73. The van der Waals surface area contributed by atoms with Crippen molar-refractivity contribution < 1.29 is 4.52 Å². The second-order valence-electron chi connectivity index (χ2n) is 7.27. The van der Waals surface area contributed by atoms with Crippen molar-refractivity contribution >= 4 is 5.82 Å². The highest BCUT2D eigenvalue weighted by atomic mass is 16.5. The third kappa shape index (κ3) is 4.31. The van der Waals surface area contributed by atoms with Gasteiger partial charge in [-0.3, -0.25) is 4.90 Å². The van der Waals surface area contributed by atoms with Crippen molar-refractivity contribution in [1.29, 1.82) is 5.26 Å². The van der Waals surface area contributed by atoms with Gasteiger partial charge < -0.3 is 9.42 Å². The lowest BCUT2D eigenvalue weighted by atomic mass is 9.97. The molecule has 2 aromatic rings. The number of nitriles is 1. The van der Waals surface area contributed by atoms with Gasteiger partial charge >= 0.3 is 0 Å². The van der Waals surface area contributed by atoms with E-state index in [0.29, 0.717) is 18.1 Å². The summed E-state index contributed by atoms with van der Waals surface area (Å²) in [6.07, 6.45) is 1.02. The van der Waals surface area contributed by atoms with E-state index in [0.717, 1.165) is 44.2 Å². The Labute approximate surface area is 147 Å². The number of hydrogen-bond acceptors (Lipinski definition) is 8. The molecule has 25 heavy (non-hydrogen) atoms. The van der Waals surface area contributed by atoms with Crippen LogP contribution in [0.4, 0.5) is 5.82 Å². The van der Waals surface area contributed by atoms with E-state index in [1.807, 2.05) is 12.1 Å². The zero-order valence-electron chi connectivity index (χ0n) is 14.9. The van der Waals surface area contributed by atoms with Gasteiger partial charge in [-0.2, -0.15) is 10.2 Å². The quantitative estimate of drug-likeness (QED) is 0.833. The molecule has 0 bridgehead atoms. The van der Waals surface area contributed by atoms with E-state index in [9.17, 15) is 0 Å². The number of hydrogen-bond donors (Lipinski definition) is 0. The Morgan fingerprint density at radius 3 is 2.64 bits per heavy atom. The van der Waals surface area contributed by atoms with Gasteiger partial charge in [-0.15, -0.1) is 10.2 Å². The molecule has 2 aromatic heterocycles. The van der Waals surface area contributed by atoms with Crippen molar-refractivity contribution in [3.8, 4) is 6.07 Å². The summed E-state index contributed by atoms with van der Waals surface area (Å²) in [5, 5.41) is 21.0. The molecule has 0 radical (unpaired) electrons. The van der Waals surface area contributed by atoms with Gasteiger partial charge in [0.15, 0.2) is 17.3 Å². The molecule has 1 saturated heterocycles. The highest BCUT2D eigenvalue weighted by Crippen LogP contribution is 2.20. The van der Waals surface area contributed by atoms with Gasteiger partial charge in [-0.25, -0.2) is 0 Å². The molecule has 0 aliphatic carbocycles. The normalized spacial score (nSPS) is 16.5. The van der Waals surface area contributed by atoms with Crippen LogP contribution in [0.2, 0.25) is 0 Å². The second kappa shape index (κ2) is 7.15. The molecule has 0 aromatic carbocycles. The average molecular weight is 341 g/mol. The summed E-state index contributed by atoms with van der Waals surface area (Å²) in [5.74, 6) is 2.22. The molecule has 0 N–H and O–H groups in total. The minimum absolute atomic E-state index is 0.130. The summed E-state index contributed by atoms with van der Waals surface area (Å²) in [4.78, 5) is 9.04. The summed E-state index contributed by atoms with van der Waals surface area (Å²) >= 11 is 0. The molecule has 0 spiro atoms. The van der Waals surface area contributed by atoms with Crippen molar-refractivity contribution in [2.45, 2.75) is 39.2 Å². The smallest absolute Gasteiger partial charge is 0.232 e. The predicted molar refractivity (Wildman–Crippen MR) is 91.9 cm³/mol. The van der Waals surface area contributed by atoms with Gasteiger partial charge in [0.05, 0.1) is 6.54 Å². The Balaban J connectivity index is 1.59. The van der Waals surface area contributed by atoms with Gasteiger partial charge in [0.2, 0.25) is 5.89 Å². The molecule has 1 aliphatic rings. The van der Waals surface area contributed by atoms with Crippen LogP contribution in [0.25, 0.3) is 0 Å². The van der Waals surface area contributed by atoms with Crippen LogP contribution in [0.5, 0.6) is 0 Å². The SMILES string of the molecule is CC(C)(C)c1nc(CN2CCCN(c3ccc(C#N)nn3)CC2)no1. The topological polar surface area (TPSA) is 95.0 Å². The minimum atomic E-state index is -0.130. The molecule has 0 saturated carbocycles. The Kier molecular flexibility index (Phi) is 4.95. The van der Waals surface area contributed by atoms with Crippen molar-refractivity contribution in [1.82, 2.24) is 25.2 Å². The molecule has 3 rings (SSSR count). The van der Waals surface area contributed by atoms with E-state index in [-0.39, 0.29) is 5.41 Å². The zero-order chi connectivity index (χ0) is 17.9. The van der Waals surface area contributed by atoms with Crippen LogP contribution < -0.4 is 4.90 Å². The van der Waals surface area contributed by atoms with E-state index in [4.69, 9.17) is 9.78 Å². The molecular weight excluding hydrogens is 318 g/mol. The van der Waals surface area contributed by atoms with E-state index < -0.39 is 0 Å². The standard InChI is InChI=1S/C17H23N7O/c1-17(2,3)16-19-14(22-25-16)12-23-7-4-8-24(10-9-23)15-6-5-13(11-18)20-21-15/h5-6H,4,7-10,12H2,1-3H3. The maximum Gasteiger partial charge on any atom is 0.232 e. The highest BCUT2D eigenvalue weighted by molar-refractivity contribution is 5.39. The fourth-order valence-electron chi connectivity index (χ4n) is 2.73. The third-order valence-electron chi connectivity index (χ3n) is 4.15. The van der Waals surface area contributed by atoms with Gasteiger partial charge in [0.25, 0.3) is 0 Å². The summed E-state index contributed by atoms with van der Waals surface area (Å²) in [6.45, 7) is 10.5. The first-order valence-corrected chi connectivity index (χ1v) is 8.50. The maximum absolute atomic E-state index is 8.82. The molecule has 0 unspecified atom stereocenters.